The molecule has 1 fully saturated rings. The smallest absolute Gasteiger partial charge is 0.325 e. The number of urea groups is 1. The van der Waals surface area contributed by atoms with Gasteiger partial charge in [0.15, 0.2) is 0 Å². The third-order valence-electron chi connectivity index (χ3n) is 5.73. The minimum Gasteiger partial charge on any atom is -0.335 e. The van der Waals surface area contributed by atoms with E-state index in [4.69, 9.17) is 0 Å². The number of carbonyl (C=O) groups is 1. The van der Waals surface area contributed by atoms with Gasteiger partial charge >= 0.3 is 11.7 Å². The molecule has 4 rings (SSSR count). The van der Waals surface area contributed by atoms with Crippen LogP contribution in [0.3, 0.4) is 0 Å². The number of nitrogens with one attached hydrogen (secondary N) is 3. The Morgan fingerprint density at radius 3 is 2.64 bits per heavy atom. The number of hydrogen-bond acceptors (Lipinski definition) is 3. The molecule has 0 radical (unpaired) electrons. The molecule has 2 aliphatic rings. The topological polar surface area (TPSA) is 98.1 Å². The lowest BCUT2D eigenvalue weighted by Gasteiger charge is -2.25. The Balaban J connectivity index is 1.45. The van der Waals surface area contributed by atoms with Crippen molar-refractivity contribution in [2.24, 2.45) is 11.8 Å². The van der Waals surface area contributed by atoms with Crippen LogP contribution in [-0.4, -0.2) is 26.9 Å². The second-order valence-corrected chi connectivity index (χ2v) is 8.32. The Morgan fingerprint density at radius 2 is 1.93 bits per heavy atom. The van der Waals surface area contributed by atoms with E-state index in [1.54, 1.807) is 4.90 Å². The average molecular weight is 382 g/mol. The maximum Gasteiger partial charge on any atom is 0.325 e. The van der Waals surface area contributed by atoms with Gasteiger partial charge in [0.25, 0.3) is 5.56 Å². The molecule has 2 amide bonds. The quantitative estimate of drug-likeness (QED) is 0.740. The number of benzene rings is 1. The molecular weight excluding hydrogens is 356 g/mol. The summed E-state index contributed by atoms with van der Waals surface area (Å²) in [6.07, 6.45) is 1.99. The first-order valence-corrected chi connectivity index (χ1v) is 9.87. The summed E-state index contributed by atoms with van der Waals surface area (Å²) in [5, 5.41) is 3.20. The van der Waals surface area contributed by atoms with Crippen LogP contribution >= 0.6 is 0 Å². The SMILES string of the molecule is CC(C)CC(NC(=O)N1Cc2[nH]c(=O)[nH]c(=O)c2C1)C1CC1c1ccccc1. The third kappa shape index (κ3) is 3.74. The molecule has 7 heteroatoms. The molecule has 3 unspecified atom stereocenters. The van der Waals surface area contributed by atoms with Gasteiger partial charge in [0.2, 0.25) is 0 Å². The van der Waals surface area contributed by atoms with Crippen molar-refractivity contribution in [3.05, 3.63) is 68.0 Å². The number of aromatic nitrogens is 2. The highest BCUT2D eigenvalue weighted by atomic mass is 16.2. The Hall–Kier alpha value is -2.83. The van der Waals surface area contributed by atoms with E-state index in [0.29, 0.717) is 29.0 Å². The predicted octanol–water partition coefficient (Wildman–Crippen LogP) is 2.31. The van der Waals surface area contributed by atoms with Gasteiger partial charge in [0.1, 0.15) is 0 Å². The van der Waals surface area contributed by atoms with Crippen molar-refractivity contribution >= 4 is 6.03 Å². The summed E-state index contributed by atoms with van der Waals surface area (Å²) in [6, 6.07) is 10.4. The molecular formula is C21H26N4O3. The van der Waals surface area contributed by atoms with Crippen molar-refractivity contribution in [1.29, 1.82) is 0 Å². The maximum absolute atomic E-state index is 12.9. The zero-order chi connectivity index (χ0) is 19.8. The molecule has 1 aromatic carbocycles. The number of rotatable bonds is 5. The first kappa shape index (κ1) is 18.5. The molecule has 1 aliphatic heterocycles. The lowest BCUT2D eigenvalue weighted by Crippen LogP contribution is -2.44. The molecule has 1 aliphatic carbocycles. The van der Waals surface area contributed by atoms with Crippen LogP contribution in [-0.2, 0) is 13.1 Å². The van der Waals surface area contributed by atoms with Crippen molar-refractivity contribution < 1.29 is 4.79 Å². The zero-order valence-corrected chi connectivity index (χ0v) is 16.2. The third-order valence-corrected chi connectivity index (χ3v) is 5.73. The van der Waals surface area contributed by atoms with Gasteiger partial charge in [-0.3, -0.25) is 9.78 Å². The van der Waals surface area contributed by atoms with Gasteiger partial charge in [-0.1, -0.05) is 44.2 Å². The molecule has 0 spiro atoms. The van der Waals surface area contributed by atoms with Crippen LogP contribution in [0.2, 0.25) is 0 Å². The summed E-state index contributed by atoms with van der Waals surface area (Å²) in [5.74, 6) is 1.39. The fraction of sp³-hybridized carbons (Fsp3) is 0.476. The first-order chi connectivity index (χ1) is 13.4. The highest BCUT2D eigenvalue weighted by Gasteiger charge is 2.44. The van der Waals surface area contributed by atoms with Crippen LogP contribution < -0.4 is 16.6 Å². The number of aromatic amines is 2. The molecule has 0 saturated heterocycles. The average Bonchev–Trinajstić information content (AvgIpc) is 3.33. The van der Waals surface area contributed by atoms with Crippen LogP contribution in [0.25, 0.3) is 0 Å². The fourth-order valence-electron chi connectivity index (χ4n) is 4.28. The Bertz CT molecular complexity index is 979. The van der Waals surface area contributed by atoms with Crippen molar-refractivity contribution in [1.82, 2.24) is 20.2 Å². The summed E-state index contributed by atoms with van der Waals surface area (Å²) in [4.78, 5) is 42.7. The number of amides is 2. The van der Waals surface area contributed by atoms with Crippen molar-refractivity contribution in [2.45, 2.75) is 51.7 Å². The molecule has 1 aromatic heterocycles. The monoisotopic (exact) mass is 382 g/mol. The van der Waals surface area contributed by atoms with Crippen LogP contribution in [0.15, 0.2) is 39.9 Å². The number of carbonyl (C=O) groups excluding carboxylic acids is 1. The molecule has 3 N–H and O–H groups in total. The number of H-pyrrole nitrogens is 2. The van der Waals surface area contributed by atoms with Crippen molar-refractivity contribution in [2.75, 3.05) is 0 Å². The van der Waals surface area contributed by atoms with Gasteiger partial charge in [-0.05, 0) is 36.2 Å². The van der Waals surface area contributed by atoms with Crippen LogP contribution in [0, 0.1) is 11.8 Å². The summed E-state index contributed by atoms with van der Waals surface area (Å²) < 4.78 is 0. The minimum absolute atomic E-state index is 0.0961. The minimum atomic E-state index is -0.535. The first-order valence-electron chi connectivity index (χ1n) is 9.87. The van der Waals surface area contributed by atoms with E-state index in [1.807, 2.05) is 6.07 Å². The van der Waals surface area contributed by atoms with Crippen LogP contribution in [0.1, 0.15) is 49.4 Å². The van der Waals surface area contributed by atoms with Crippen molar-refractivity contribution in [3.8, 4) is 0 Å². The lowest BCUT2D eigenvalue weighted by molar-refractivity contribution is 0.189. The highest BCUT2D eigenvalue weighted by molar-refractivity contribution is 5.75. The number of nitrogens with zero attached hydrogens (tertiary/aromatic N) is 1. The Morgan fingerprint density at radius 1 is 1.18 bits per heavy atom. The number of fused-ring (bicyclic) bond motifs is 1. The molecule has 2 heterocycles. The van der Waals surface area contributed by atoms with Gasteiger partial charge in [-0.2, -0.15) is 0 Å². The van der Waals surface area contributed by atoms with Gasteiger partial charge < -0.3 is 15.2 Å². The van der Waals surface area contributed by atoms with E-state index in [9.17, 15) is 14.4 Å². The number of hydrogen-bond donors (Lipinski definition) is 3. The van der Waals surface area contributed by atoms with Gasteiger partial charge in [0.05, 0.1) is 18.7 Å². The van der Waals surface area contributed by atoms with E-state index in [2.05, 4.69) is 53.4 Å². The normalized spacial score (nSPS) is 21.5. The molecule has 7 nitrogen and oxygen atoms in total. The second kappa shape index (κ2) is 7.30. The molecule has 28 heavy (non-hydrogen) atoms. The van der Waals surface area contributed by atoms with Gasteiger partial charge in [-0.25, -0.2) is 9.59 Å². The second-order valence-electron chi connectivity index (χ2n) is 8.32. The van der Waals surface area contributed by atoms with Crippen molar-refractivity contribution in [3.63, 3.8) is 0 Å². The zero-order valence-electron chi connectivity index (χ0n) is 16.2. The maximum atomic E-state index is 12.9. The van der Waals surface area contributed by atoms with Gasteiger partial charge in [0, 0.05) is 11.7 Å². The van der Waals surface area contributed by atoms with Crippen LogP contribution in [0.5, 0.6) is 0 Å². The predicted molar refractivity (Wildman–Crippen MR) is 106 cm³/mol. The summed E-state index contributed by atoms with van der Waals surface area (Å²) in [6.45, 7) is 4.79. The largest absolute Gasteiger partial charge is 0.335 e. The summed E-state index contributed by atoms with van der Waals surface area (Å²) in [5.41, 5.74) is 1.36. The molecule has 0 bridgehead atoms. The van der Waals surface area contributed by atoms with E-state index in [-0.39, 0.29) is 25.2 Å². The van der Waals surface area contributed by atoms with E-state index >= 15 is 0 Å². The molecule has 2 aromatic rings. The van der Waals surface area contributed by atoms with E-state index in [0.717, 1.165) is 12.8 Å². The molecule has 1 saturated carbocycles. The lowest BCUT2D eigenvalue weighted by atomic mass is 9.97. The van der Waals surface area contributed by atoms with Gasteiger partial charge in [-0.15, -0.1) is 0 Å². The fourth-order valence-corrected chi connectivity index (χ4v) is 4.28. The van der Waals surface area contributed by atoms with E-state index in [1.165, 1.54) is 5.56 Å². The molecule has 3 atom stereocenters. The highest BCUT2D eigenvalue weighted by Crippen LogP contribution is 2.50. The Kier molecular flexibility index (Phi) is 4.83. The summed E-state index contributed by atoms with van der Waals surface area (Å²) >= 11 is 0. The standard InChI is InChI=1S/C21H26N4O3/c1-12(2)8-17(15-9-14(15)13-6-4-3-5-7-13)23-21(28)25-10-16-18(11-25)22-20(27)24-19(16)26/h3-7,12,14-15,17H,8-11H2,1-2H3,(H,23,28)(H2,22,24,26,27). The van der Waals surface area contributed by atoms with E-state index < -0.39 is 11.2 Å². The summed E-state index contributed by atoms with van der Waals surface area (Å²) in [7, 11) is 0. The Labute approximate surface area is 163 Å². The van der Waals surface area contributed by atoms with Crippen LogP contribution in [0.4, 0.5) is 4.79 Å². The molecule has 148 valence electrons.